The quantitative estimate of drug-likeness (QED) is 0.701. The Labute approximate surface area is 176 Å². The van der Waals surface area contributed by atoms with Crippen LogP contribution in [0.25, 0.3) is 11.0 Å². The first-order valence-electron chi connectivity index (χ1n) is 10.0. The summed E-state index contributed by atoms with van der Waals surface area (Å²) in [4.78, 5) is 21.5. The van der Waals surface area contributed by atoms with Gasteiger partial charge in [0.05, 0.1) is 25.3 Å². The van der Waals surface area contributed by atoms with Crippen molar-refractivity contribution in [3.8, 4) is 11.5 Å². The number of aromatic nitrogens is 2. The molecule has 158 valence electrons. The fourth-order valence-electron chi connectivity index (χ4n) is 3.81. The minimum absolute atomic E-state index is 0.0607. The fourth-order valence-corrected chi connectivity index (χ4v) is 3.81. The van der Waals surface area contributed by atoms with Gasteiger partial charge in [0.1, 0.15) is 0 Å². The van der Waals surface area contributed by atoms with Crippen LogP contribution in [0.4, 0.5) is 10.7 Å². The summed E-state index contributed by atoms with van der Waals surface area (Å²) in [5.74, 6) is 2.27. The Morgan fingerprint density at radius 3 is 2.47 bits per heavy atom. The number of benzene rings is 2. The Balaban J connectivity index is 1.33. The molecule has 3 aromatic rings. The van der Waals surface area contributed by atoms with Crippen LogP contribution in [-0.4, -0.2) is 60.9 Å². The summed E-state index contributed by atoms with van der Waals surface area (Å²) in [6, 6.07) is 13.7. The number of amides is 2. The molecule has 4 rings (SSSR count). The zero-order valence-corrected chi connectivity index (χ0v) is 17.6. The summed E-state index contributed by atoms with van der Waals surface area (Å²) in [7, 11) is 5.24. The van der Waals surface area contributed by atoms with E-state index in [1.54, 1.807) is 14.2 Å². The summed E-state index contributed by atoms with van der Waals surface area (Å²) in [6.45, 7) is 3.24. The number of fused-ring (bicyclic) bond motifs is 1. The van der Waals surface area contributed by atoms with E-state index in [1.165, 1.54) is 0 Å². The van der Waals surface area contributed by atoms with E-state index in [-0.39, 0.29) is 6.03 Å². The molecule has 0 saturated carbocycles. The van der Waals surface area contributed by atoms with Gasteiger partial charge in [0.15, 0.2) is 11.5 Å². The van der Waals surface area contributed by atoms with E-state index in [0.29, 0.717) is 31.1 Å². The highest BCUT2D eigenvalue weighted by Crippen LogP contribution is 2.27. The van der Waals surface area contributed by atoms with Crippen LogP contribution in [0.15, 0.2) is 42.5 Å². The fraction of sp³-hybridized carbons (Fsp3) is 0.364. The standard InChI is InChI=1S/C22H27N5O3/c1-25-18-7-5-4-6-17(18)24-21(25)26-10-12-27(13-11-26)22(28)23-15-16-8-9-19(29-2)20(14-16)30-3/h4-9,14H,10-13,15H2,1-3H3,(H,23,28). The molecule has 1 N–H and O–H groups in total. The highest BCUT2D eigenvalue weighted by atomic mass is 16.5. The number of ether oxygens (including phenoxy) is 2. The molecule has 2 amide bonds. The van der Waals surface area contributed by atoms with Crippen molar-refractivity contribution >= 4 is 23.0 Å². The number of aryl methyl sites for hydroxylation is 1. The molecule has 0 spiro atoms. The average Bonchev–Trinajstić information content (AvgIpc) is 3.14. The molecule has 2 heterocycles. The van der Waals surface area contributed by atoms with Crippen molar-refractivity contribution in [1.29, 1.82) is 0 Å². The first-order valence-corrected chi connectivity index (χ1v) is 10.0. The molecule has 1 aromatic heterocycles. The third-order valence-electron chi connectivity index (χ3n) is 5.50. The van der Waals surface area contributed by atoms with Crippen molar-refractivity contribution in [2.24, 2.45) is 7.05 Å². The molecule has 8 heteroatoms. The Bertz CT molecular complexity index is 1040. The van der Waals surface area contributed by atoms with E-state index in [2.05, 4.69) is 20.9 Å². The molecule has 1 aliphatic heterocycles. The number of urea groups is 1. The maximum Gasteiger partial charge on any atom is 0.317 e. The molecule has 0 atom stereocenters. The Morgan fingerprint density at radius 1 is 1.03 bits per heavy atom. The summed E-state index contributed by atoms with van der Waals surface area (Å²) in [5.41, 5.74) is 3.06. The summed E-state index contributed by atoms with van der Waals surface area (Å²) < 4.78 is 12.7. The van der Waals surface area contributed by atoms with Crippen LogP contribution in [0.5, 0.6) is 11.5 Å². The number of imidazole rings is 1. The number of carbonyl (C=O) groups excluding carboxylic acids is 1. The number of para-hydroxylation sites is 2. The minimum atomic E-state index is -0.0607. The lowest BCUT2D eigenvalue weighted by Gasteiger charge is -2.35. The van der Waals surface area contributed by atoms with Crippen molar-refractivity contribution in [3.05, 3.63) is 48.0 Å². The van der Waals surface area contributed by atoms with Crippen LogP contribution in [0.1, 0.15) is 5.56 Å². The number of rotatable bonds is 5. The third kappa shape index (κ3) is 3.85. The number of anilines is 1. The number of piperazine rings is 1. The van der Waals surface area contributed by atoms with Crippen molar-refractivity contribution < 1.29 is 14.3 Å². The van der Waals surface area contributed by atoms with Crippen LogP contribution < -0.4 is 19.7 Å². The highest BCUT2D eigenvalue weighted by molar-refractivity contribution is 5.79. The maximum absolute atomic E-state index is 12.6. The summed E-state index contributed by atoms with van der Waals surface area (Å²) in [6.07, 6.45) is 0. The predicted octanol–water partition coefficient (Wildman–Crippen LogP) is 2.62. The maximum atomic E-state index is 12.6. The van der Waals surface area contributed by atoms with Gasteiger partial charge in [-0.15, -0.1) is 0 Å². The smallest absolute Gasteiger partial charge is 0.317 e. The van der Waals surface area contributed by atoms with Crippen molar-refractivity contribution in [3.63, 3.8) is 0 Å². The van der Waals surface area contributed by atoms with E-state index in [4.69, 9.17) is 14.5 Å². The second-order valence-electron chi connectivity index (χ2n) is 7.28. The lowest BCUT2D eigenvalue weighted by atomic mass is 10.2. The number of nitrogens with zero attached hydrogens (tertiary/aromatic N) is 4. The number of hydrogen-bond donors (Lipinski definition) is 1. The van der Waals surface area contributed by atoms with E-state index in [0.717, 1.165) is 35.6 Å². The molecular formula is C22H27N5O3. The molecule has 0 bridgehead atoms. The Morgan fingerprint density at radius 2 is 1.77 bits per heavy atom. The van der Waals surface area contributed by atoms with Crippen molar-refractivity contribution in [2.75, 3.05) is 45.3 Å². The SMILES string of the molecule is COc1ccc(CNC(=O)N2CCN(c3nc4ccccc4n3C)CC2)cc1OC. The zero-order chi connectivity index (χ0) is 21.1. The van der Waals surface area contributed by atoms with Gasteiger partial charge < -0.3 is 29.2 Å². The van der Waals surface area contributed by atoms with Gasteiger partial charge >= 0.3 is 6.03 Å². The molecule has 1 aliphatic rings. The van der Waals surface area contributed by atoms with Crippen LogP contribution in [-0.2, 0) is 13.6 Å². The molecule has 30 heavy (non-hydrogen) atoms. The van der Waals surface area contributed by atoms with Gasteiger partial charge in [0, 0.05) is 39.8 Å². The molecule has 0 aliphatic carbocycles. The van der Waals surface area contributed by atoms with Gasteiger partial charge in [-0.2, -0.15) is 0 Å². The summed E-state index contributed by atoms with van der Waals surface area (Å²) >= 11 is 0. The molecule has 1 fully saturated rings. The van der Waals surface area contributed by atoms with Gasteiger partial charge in [-0.3, -0.25) is 0 Å². The number of hydrogen-bond acceptors (Lipinski definition) is 5. The monoisotopic (exact) mass is 409 g/mol. The second kappa shape index (κ2) is 8.52. The molecule has 0 radical (unpaired) electrons. The van der Waals surface area contributed by atoms with Gasteiger partial charge in [-0.25, -0.2) is 9.78 Å². The van der Waals surface area contributed by atoms with Gasteiger partial charge in [0.25, 0.3) is 0 Å². The number of nitrogens with one attached hydrogen (secondary N) is 1. The third-order valence-corrected chi connectivity index (χ3v) is 5.50. The largest absolute Gasteiger partial charge is 0.493 e. The molecule has 0 unspecified atom stereocenters. The first kappa shape index (κ1) is 19.9. The lowest BCUT2D eigenvalue weighted by molar-refractivity contribution is 0.193. The lowest BCUT2D eigenvalue weighted by Crippen LogP contribution is -2.52. The van der Waals surface area contributed by atoms with Crippen LogP contribution in [0.3, 0.4) is 0 Å². The van der Waals surface area contributed by atoms with Crippen molar-refractivity contribution in [1.82, 2.24) is 19.8 Å². The van der Waals surface area contributed by atoms with Crippen LogP contribution >= 0.6 is 0 Å². The van der Waals surface area contributed by atoms with Crippen LogP contribution in [0, 0.1) is 0 Å². The first-order chi connectivity index (χ1) is 14.6. The van der Waals surface area contributed by atoms with E-state index in [1.807, 2.05) is 48.3 Å². The topological polar surface area (TPSA) is 71.9 Å². The van der Waals surface area contributed by atoms with Gasteiger partial charge in [-0.05, 0) is 29.8 Å². The van der Waals surface area contributed by atoms with E-state index < -0.39 is 0 Å². The predicted molar refractivity (Wildman–Crippen MR) is 116 cm³/mol. The van der Waals surface area contributed by atoms with E-state index in [9.17, 15) is 4.79 Å². The van der Waals surface area contributed by atoms with Gasteiger partial charge in [0.2, 0.25) is 5.95 Å². The average molecular weight is 409 g/mol. The molecule has 2 aromatic carbocycles. The normalized spacial score (nSPS) is 14.1. The second-order valence-corrected chi connectivity index (χ2v) is 7.28. The van der Waals surface area contributed by atoms with Crippen molar-refractivity contribution in [2.45, 2.75) is 6.54 Å². The van der Waals surface area contributed by atoms with Crippen LogP contribution in [0.2, 0.25) is 0 Å². The highest BCUT2D eigenvalue weighted by Gasteiger charge is 2.24. The number of carbonyl (C=O) groups is 1. The Hall–Kier alpha value is -3.42. The minimum Gasteiger partial charge on any atom is -0.493 e. The summed E-state index contributed by atoms with van der Waals surface area (Å²) in [5, 5.41) is 3.00. The van der Waals surface area contributed by atoms with Gasteiger partial charge in [-0.1, -0.05) is 18.2 Å². The zero-order valence-electron chi connectivity index (χ0n) is 17.6. The molecule has 8 nitrogen and oxygen atoms in total. The number of methoxy groups -OCH3 is 2. The molecular weight excluding hydrogens is 382 g/mol. The van der Waals surface area contributed by atoms with E-state index >= 15 is 0 Å². The Kier molecular flexibility index (Phi) is 5.65. The molecule has 1 saturated heterocycles.